The molecule has 3 N–H and O–H groups in total. The average Bonchev–Trinajstić information content (AvgIpc) is 0.902. The zero-order chi connectivity index (χ0) is 76.7. The molecule has 0 aliphatic rings. The molecular formula is C85H166O17P2. The van der Waals surface area contributed by atoms with Crippen molar-refractivity contribution in [2.45, 2.75) is 459 Å². The molecular weight excluding hydrogens is 1350 g/mol. The van der Waals surface area contributed by atoms with E-state index >= 15 is 0 Å². The minimum absolute atomic E-state index is 0.107. The normalized spacial score (nSPS) is 14.5. The summed E-state index contributed by atoms with van der Waals surface area (Å²) in [6.07, 6.45) is 62.5. The Morgan fingerprint density at radius 1 is 0.269 bits per heavy atom. The van der Waals surface area contributed by atoms with E-state index < -0.39 is 97.5 Å². The van der Waals surface area contributed by atoms with Crippen LogP contribution in [0.15, 0.2) is 0 Å². The largest absolute Gasteiger partial charge is 0.472 e. The van der Waals surface area contributed by atoms with Crippen LogP contribution in [0.4, 0.5) is 0 Å². The average molecular weight is 1520 g/mol. The monoisotopic (exact) mass is 1520 g/mol. The lowest BCUT2D eigenvalue weighted by atomic mass is 9.99. The van der Waals surface area contributed by atoms with E-state index in [-0.39, 0.29) is 25.7 Å². The highest BCUT2D eigenvalue weighted by Gasteiger charge is 2.30. The number of phosphoric ester groups is 2. The number of phosphoric acid groups is 2. The summed E-state index contributed by atoms with van der Waals surface area (Å²) in [6.45, 7) is 14.3. The first kappa shape index (κ1) is 102. The molecule has 7 atom stereocenters. The predicted octanol–water partition coefficient (Wildman–Crippen LogP) is 25.6. The fourth-order valence-electron chi connectivity index (χ4n) is 13.1. The summed E-state index contributed by atoms with van der Waals surface area (Å²) in [6, 6.07) is 0. The molecule has 0 aromatic heterocycles. The van der Waals surface area contributed by atoms with Gasteiger partial charge in [-0.25, -0.2) is 9.13 Å². The zero-order valence-corrected chi connectivity index (χ0v) is 70.5. The highest BCUT2D eigenvalue weighted by molar-refractivity contribution is 7.47. The van der Waals surface area contributed by atoms with Gasteiger partial charge in [-0.3, -0.25) is 37.3 Å². The molecule has 0 rings (SSSR count). The van der Waals surface area contributed by atoms with Crippen LogP contribution >= 0.6 is 15.6 Å². The smallest absolute Gasteiger partial charge is 0.462 e. The van der Waals surface area contributed by atoms with Crippen LogP contribution in [0, 0.1) is 23.7 Å². The number of carbonyl (C=O) groups is 4. The lowest BCUT2D eigenvalue weighted by molar-refractivity contribution is -0.161. The van der Waals surface area contributed by atoms with Crippen LogP contribution in [0.5, 0.6) is 0 Å². The Balaban J connectivity index is 5.21. The van der Waals surface area contributed by atoms with E-state index in [0.717, 1.165) is 120 Å². The first-order chi connectivity index (χ1) is 50.2. The second kappa shape index (κ2) is 73.8. The van der Waals surface area contributed by atoms with Gasteiger partial charge in [0.1, 0.15) is 19.3 Å². The maximum Gasteiger partial charge on any atom is 0.472 e. The molecule has 618 valence electrons. The highest BCUT2D eigenvalue weighted by Crippen LogP contribution is 2.45. The van der Waals surface area contributed by atoms with Gasteiger partial charge in [-0.15, -0.1) is 0 Å². The van der Waals surface area contributed by atoms with E-state index in [0.29, 0.717) is 25.7 Å². The summed E-state index contributed by atoms with van der Waals surface area (Å²) in [7, 11) is -9.93. The molecule has 0 spiro atoms. The van der Waals surface area contributed by atoms with Crippen molar-refractivity contribution in [3.63, 3.8) is 0 Å². The summed E-state index contributed by atoms with van der Waals surface area (Å²) >= 11 is 0. The van der Waals surface area contributed by atoms with E-state index in [4.69, 9.17) is 37.0 Å². The Bertz CT molecular complexity index is 2030. The van der Waals surface area contributed by atoms with E-state index in [1.54, 1.807) is 0 Å². The molecule has 0 aromatic carbocycles. The summed E-state index contributed by atoms with van der Waals surface area (Å²) in [5.41, 5.74) is 0. The number of carbonyl (C=O) groups excluding carboxylic acids is 4. The fourth-order valence-corrected chi connectivity index (χ4v) is 14.7. The van der Waals surface area contributed by atoms with Gasteiger partial charge in [-0.05, 0) is 49.4 Å². The summed E-state index contributed by atoms with van der Waals surface area (Å²) in [5, 5.41) is 10.7. The first-order valence-electron chi connectivity index (χ1n) is 43.8. The Morgan fingerprint density at radius 3 is 0.683 bits per heavy atom. The number of esters is 4. The van der Waals surface area contributed by atoms with Gasteiger partial charge in [-0.1, -0.05) is 389 Å². The van der Waals surface area contributed by atoms with E-state index in [1.165, 1.54) is 238 Å². The van der Waals surface area contributed by atoms with Crippen LogP contribution < -0.4 is 0 Å². The fraction of sp³-hybridized carbons (Fsp3) is 0.953. The number of ether oxygens (including phenoxy) is 4. The molecule has 0 aliphatic carbocycles. The maximum absolute atomic E-state index is 13.1. The molecule has 17 nitrogen and oxygen atoms in total. The minimum Gasteiger partial charge on any atom is -0.462 e. The quantitative estimate of drug-likeness (QED) is 0.0222. The number of unbranched alkanes of at least 4 members (excludes halogenated alkanes) is 46. The van der Waals surface area contributed by atoms with Gasteiger partial charge >= 0.3 is 39.5 Å². The first-order valence-corrected chi connectivity index (χ1v) is 46.8. The molecule has 0 radical (unpaired) electrons. The van der Waals surface area contributed by atoms with Gasteiger partial charge in [0.05, 0.1) is 26.4 Å². The molecule has 0 heterocycles. The van der Waals surface area contributed by atoms with Crippen molar-refractivity contribution in [2.75, 3.05) is 39.6 Å². The summed E-state index contributed by atoms with van der Waals surface area (Å²) < 4.78 is 68.8. The van der Waals surface area contributed by atoms with Crippen molar-refractivity contribution in [1.29, 1.82) is 0 Å². The molecule has 0 fully saturated rings. The van der Waals surface area contributed by atoms with Gasteiger partial charge in [0.25, 0.3) is 0 Å². The number of hydrogen-bond donors (Lipinski definition) is 3. The van der Waals surface area contributed by atoms with Crippen LogP contribution in [0.2, 0.25) is 0 Å². The molecule has 104 heavy (non-hydrogen) atoms. The highest BCUT2D eigenvalue weighted by atomic mass is 31.2. The molecule has 19 heteroatoms. The lowest BCUT2D eigenvalue weighted by Gasteiger charge is -2.21. The maximum atomic E-state index is 13.1. The van der Waals surface area contributed by atoms with E-state index in [1.807, 2.05) is 0 Å². The Hall–Kier alpha value is -1.94. The molecule has 4 unspecified atom stereocenters. The van der Waals surface area contributed by atoms with E-state index in [2.05, 4.69) is 55.4 Å². The number of aliphatic hydroxyl groups excluding tert-OH is 1. The SMILES string of the molecule is CCC(C)CCCCCCCCCCCCCCCCCCCCC(=O)O[C@H](COC(=O)CCCCCCCCCCCCCC(C)C)COP(=O)(O)OC[C@@H](O)COP(=O)(O)OC[C@@H](COC(=O)CCCCCCCCC(C)CC)OC(=O)CCCCCCCCCCCCCCCCCC(C)C. The summed E-state index contributed by atoms with van der Waals surface area (Å²) in [5.74, 6) is 1.07. The van der Waals surface area contributed by atoms with Gasteiger partial charge in [-0.2, -0.15) is 0 Å². The topological polar surface area (TPSA) is 237 Å². The van der Waals surface area contributed by atoms with Crippen molar-refractivity contribution in [1.82, 2.24) is 0 Å². The van der Waals surface area contributed by atoms with Crippen LogP contribution in [-0.4, -0.2) is 96.7 Å². The molecule has 0 saturated carbocycles. The zero-order valence-electron chi connectivity index (χ0n) is 68.7. The second-order valence-corrected chi connectivity index (χ2v) is 34.9. The van der Waals surface area contributed by atoms with Crippen LogP contribution in [0.25, 0.3) is 0 Å². The number of aliphatic hydroxyl groups is 1. The molecule has 0 saturated heterocycles. The van der Waals surface area contributed by atoms with Crippen LogP contribution in [0.3, 0.4) is 0 Å². The molecule has 0 aromatic rings. The van der Waals surface area contributed by atoms with Crippen molar-refractivity contribution in [2.24, 2.45) is 23.7 Å². The van der Waals surface area contributed by atoms with Gasteiger partial charge in [0.15, 0.2) is 12.2 Å². The molecule has 0 aliphatic heterocycles. The summed E-state index contributed by atoms with van der Waals surface area (Å²) in [4.78, 5) is 73.2. The Kier molecular flexibility index (Phi) is 72.5. The number of rotatable bonds is 82. The van der Waals surface area contributed by atoms with Gasteiger partial charge in [0.2, 0.25) is 0 Å². The second-order valence-electron chi connectivity index (χ2n) is 32.0. The number of hydrogen-bond acceptors (Lipinski definition) is 15. The predicted molar refractivity (Wildman–Crippen MR) is 428 cm³/mol. The van der Waals surface area contributed by atoms with Crippen molar-refractivity contribution < 1.29 is 80.2 Å². The Labute approximate surface area is 638 Å². The van der Waals surface area contributed by atoms with Crippen molar-refractivity contribution >= 4 is 39.5 Å². The Morgan fingerprint density at radius 2 is 0.462 bits per heavy atom. The van der Waals surface area contributed by atoms with Crippen LogP contribution in [-0.2, 0) is 65.4 Å². The lowest BCUT2D eigenvalue weighted by Crippen LogP contribution is -2.30. The molecule has 0 amide bonds. The molecule has 0 bridgehead atoms. The third-order valence-corrected chi connectivity index (χ3v) is 22.4. The van der Waals surface area contributed by atoms with Crippen LogP contribution in [0.1, 0.15) is 441 Å². The van der Waals surface area contributed by atoms with Crippen molar-refractivity contribution in [3.05, 3.63) is 0 Å². The third kappa shape index (κ3) is 75.5. The third-order valence-electron chi connectivity index (χ3n) is 20.5. The van der Waals surface area contributed by atoms with Gasteiger partial charge in [0, 0.05) is 25.7 Å². The minimum atomic E-state index is -4.97. The standard InChI is InChI=1S/C85H166O17P2/c1-9-77(7)63-55-47-39-33-27-21-17-13-11-12-14-18-22-28-35-41-51-59-67-84(89)101-80(71-95-82(87)65-57-49-40-34-30-24-26-32-38-46-54-62-76(5)6)73-99-103(91,92)97-69-79(86)70-98-104(93,94)100-74-81(72-96-83(88)66-58-50-44-43-48-56-64-78(8)10-2)102-85(90)68-60-52-42-36-29-23-19-15-16-20-25-31-37-45-53-61-75(3)4/h75-81,86H,9-74H2,1-8H3,(H,91,92)(H,93,94)/t77?,78?,79-,80-,81-/m1/s1. The van der Waals surface area contributed by atoms with Gasteiger partial charge < -0.3 is 33.8 Å². The van der Waals surface area contributed by atoms with E-state index in [9.17, 15) is 43.2 Å². The van der Waals surface area contributed by atoms with Crippen molar-refractivity contribution in [3.8, 4) is 0 Å².